The minimum Gasteiger partial charge on any atom is -0.454 e. The van der Waals surface area contributed by atoms with Gasteiger partial charge in [0.15, 0.2) is 5.75 Å². The third-order valence-electron chi connectivity index (χ3n) is 4.40. The number of nitrogens with one attached hydrogen (secondary N) is 1. The van der Waals surface area contributed by atoms with Crippen LogP contribution < -0.4 is 14.4 Å². The lowest BCUT2D eigenvalue weighted by Gasteiger charge is -2.16. The van der Waals surface area contributed by atoms with Gasteiger partial charge < -0.3 is 9.64 Å². The van der Waals surface area contributed by atoms with Crippen LogP contribution in [0.2, 0.25) is 10.0 Å². The standard InChI is InChI=1S/C20H14Cl2N2O4S/c1-24-16-4-2-3-5-18(16)28-17-9-7-13(11-14(17)20(24)25)23-29(26,27)19-10-12(21)6-8-15(19)22/h2-11,23H,1H3. The van der Waals surface area contributed by atoms with Crippen molar-refractivity contribution in [2.24, 2.45) is 0 Å². The van der Waals surface area contributed by atoms with Gasteiger partial charge in [-0.1, -0.05) is 35.3 Å². The number of anilines is 2. The number of benzene rings is 3. The van der Waals surface area contributed by atoms with E-state index in [9.17, 15) is 13.2 Å². The van der Waals surface area contributed by atoms with Crippen LogP contribution in [-0.4, -0.2) is 21.4 Å². The second-order valence-electron chi connectivity index (χ2n) is 6.33. The molecule has 29 heavy (non-hydrogen) atoms. The van der Waals surface area contributed by atoms with Gasteiger partial charge in [-0.15, -0.1) is 0 Å². The maximum atomic E-state index is 12.9. The van der Waals surface area contributed by atoms with Crippen molar-refractivity contribution in [1.82, 2.24) is 0 Å². The van der Waals surface area contributed by atoms with Crippen LogP contribution in [0.3, 0.4) is 0 Å². The molecule has 3 aromatic carbocycles. The molecule has 0 aromatic heterocycles. The molecule has 0 saturated carbocycles. The molecule has 1 N–H and O–H groups in total. The normalized spacial score (nSPS) is 13.2. The van der Waals surface area contributed by atoms with Crippen molar-refractivity contribution in [2.75, 3.05) is 16.7 Å². The molecular formula is C20H14Cl2N2O4S. The molecule has 0 aliphatic carbocycles. The van der Waals surface area contributed by atoms with Crippen LogP contribution in [0.15, 0.2) is 65.6 Å². The summed E-state index contributed by atoms with van der Waals surface area (Å²) in [6.07, 6.45) is 0. The summed E-state index contributed by atoms with van der Waals surface area (Å²) in [6, 6.07) is 15.8. The maximum absolute atomic E-state index is 12.9. The fourth-order valence-electron chi connectivity index (χ4n) is 2.97. The molecule has 148 valence electrons. The summed E-state index contributed by atoms with van der Waals surface area (Å²) < 4.78 is 33.8. The Bertz CT molecular complexity index is 1240. The molecule has 1 heterocycles. The lowest BCUT2D eigenvalue weighted by Crippen LogP contribution is -2.25. The quantitative estimate of drug-likeness (QED) is 0.598. The van der Waals surface area contributed by atoms with Gasteiger partial charge >= 0.3 is 0 Å². The monoisotopic (exact) mass is 448 g/mol. The Morgan fingerprint density at radius 3 is 2.52 bits per heavy atom. The van der Waals surface area contributed by atoms with Gasteiger partial charge in [-0.3, -0.25) is 9.52 Å². The summed E-state index contributed by atoms with van der Waals surface area (Å²) >= 11 is 11.9. The molecule has 0 unspecified atom stereocenters. The number of carbonyl (C=O) groups is 1. The molecule has 0 bridgehead atoms. The predicted octanol–water partition coefficient (Wildman–Crippen LogP) is 5.18. The Kier molecular flexibility index (Phi) is 4.90. The molecule has 4 rings (SSSR count). The van der Waals surface area contributed by atoms with E-state index >= 15 is 0 Å². The zero-order valence-corrected chi connectivity index (χ0v) is 17.3. The number of hydrogen-bond acceptors (Lipinski definition) is 4. The predicted molar refractivity (Wildman–Crippen MR) is 113 cm³/mol. The van der Waals surface area contributed by atoms with E-state index in [1.54, 1.807) is 37.4 Å². The van der Waals surface area contributed by atoms with Crippen molar-refractivity contribution < 1.29 is 17.9 Å². The SMILES string of the molecule is CN1C(=O)c2cc(NS(=O)(=O)c3cc(Cl)ccc3Cl)ccc2Oc2ccccc21. The van der Waals surface area contributed by atoms with E-state index in [-0.39, 0.29) is 32.1 Å². The van der Waals surface area contributed by atoms with E-state index in [1.165, 1.54) is 35.2 Å². The highest BCUT2D eigenvalue weighted by Gasteiger charge is 2.27. The van der Waals surface area contributed by atoms with Crippen LogP contribution in [0.4, 0.5) is 11.4 Å². The second kappa shape index (κ2) is 7.26. The summed E-state index contributed by atoms with van der Waals surface area (Å²) in [4.78, 5) is 14.2. The molecule has 0 spiro atoms. The second-order valence-corrected chi connectivity index (χ2v) is 8.82. The Labute approximate surface area is 177 Å². The van der Waals surface area contributed by atoms with Crippen molar-refractivity contribution in [3.8, 4) is 11.5 Å². The number of hydrogen-bond donors (Lipinski definition) is 1. The van der Waals surface area contributed by atoms with E-state index in [2.05, 4.69) is 4.72 Å². The van der Waals surface area contributed by atoms with Gasteiger partial charge in [-0.05, 0) is 48.5 Å². The van der Waals surface area contributed by atoms with Gasteiger partial charge in [0.05, 0.1) is 16.3 Å². The number of para-hydroxylation sites is 2. The third kappa shape index (κ3) is 3.64. The smallest absolute Gasteiger partial charge is 0.263 e. The van der Waals surface area contributed by atoms with Gasteiger partial charge in [0.25, 0.3) is 15.9 Å². The first-order chi connectivity index (χ1) is 13.8. The molecule has 9 heteroatoms. The zero-order valence-electron chi connectivity index (χ0n) is 15.0. The van der Waals surface area contributed by atoms with Crippen LogP contribution in [0.5, 0.6) is 11.5 Å². The first-order valence-electron chi connectivity index (χ1n) is 8.43. The minimum absolute atomic E-state index is 0.0336. The summed E-state index contributed by atoms with van der Waals surface area (Å²) in [5.74, 6) is 0.531. The number of rotatable bonds is 3. The Hall–Kier alpha value is -2.74. The van der Waals surface area contributed by atoms with E-state index in [0.29, 0.717) is 17.2 Å². The lowest BCUT2D eigenvalue weighted by atomic mass is 10.1. The number of sulfonamides is 1. The summed E-state index contributed by atoms with van der Waals surface area (Å²) in [7, 11) is -2.39. The lowest BCUT2D eigenvalue weighted by molar-refractivity contribution is 0.0993. The molecule has 6 nitrogen and oxygen atoms in total. The number of nitrogens with zero attached hydrogens (tertiary/aromatic N) is 1. The van der Waals surface area contributed by atoms with Crippen molar-refractivity contribution in [3.05, 3.63) is 76.3 Å². The van der Waals surface area contributed by atoms with E-state index in [1.807, 2.05) is 0 Å². The number of halogens is 2. The largest absolute Gasteiger partial charge is 0.454 e. The summed E-state index contributed by atoms with van der Waals surface area (Å²) in [5.41, 5.74) is 1.03. The number of carbonyl (C=O) groups excluding carboxylic acids is 1. The van der Waals surface area contributed by atoms with Crippen LogP contribution in [0.25, 0.3) is 0 Å². The topological polar surface area (TPSA) is 75.7 Å². The Morgan fingerprint density at radius 2 is 1.72 bits per heavy atom. The highest BCUT2D eigenvalue weighted by Crippen LogP contribution is 2.39. The number of ether oxygens (including phenoxy) is 1. The zero-order chi connectivity index (χ0) is 20.8. The third-order valence-corrected chi connectivity index (χ3v) is 6.49. The molecule has 0 saturated heterocycles. The van der Waals surface area contributed by atoms with Gasteiger partial charge in [0.2, 0.25) is 0 Å². The minimum atomic E-state index is -4.02. The first-order valence-corrected chi connectivity index (χ1v) is 10.7. The van der Waals surface area contributed by atoms with Gasteiger partial charge in [0, 0.05) is 17.8 Å². The summed E-state index contributed by atoms with van der Waals surface area (Å²) in [6.45, 7) is 0. The van der Waals surface area contributed by atoms with Crippen molar-refractivity contribution >= 4 is 50.5 Å². The molecule has 1 aliphatic rings. The van der Waals surface area contributed by atoms with Crippen LogP contribution in [0, 0.1) is 0 Å². The average Bonchev–Trinajstić information content (AvgIpc) is 2.79. The highest BCUT2D eigenvalue weighted by atomic mass is 35.5. The van der Waals surface area contributed by atoms with Crippen molar-refractivity contribution in [2.45, 2.75) is 4.90 Å². The Balaban J connectivity index is 1.72. The van der Waals surface area contributed by atoms with Crippen LogP contribution in [0.1, 0.15) is 10.4 Å². The fourth-order valence-corrected chi connectivity index (χ4v) is 4.79. The Morgan fingerprint density at radius 1 is 0.966 bits per heavy atom. The molecule has 0 fully saturated rings. The van der Waals surface area contributed by atoms with Crippen LogP contribution in [-0.2, 0) is 10.0 Å². The highest BCUT2D eigenvalue weighted by molar-refractivity contribution is 7.92. The molecular weight excluding hydrogens is 435 g/mol. The van der Waals surface area contributed by atoms with Gasteiger partial charge in [-0.2, -0.15) is 0 Å². The number of amides is 1. The van der Waals surface area contributed by atoms with Crippen LogP contribution >= 0.6 is 23.2 Å². The van der Waals surface area contributed by atoms with Gasteiger partial charge in [-0.25, -0.2) is 8.42 Å². The van der Waals surface area contributed by atoms with E-state index in [0.717, 1.165) is 0 Å². The average molecular weight is 449 g/mol. The maximum Gasteiger partial charge on any atom is 0.263 e. The van der Waals surface area contributed by atoms with Gasteiger partial charge in [0.1, 0.15) is 10.6 Å². The fraction of sp³-hybridized carbons (Fsp3) is 0.0500. The van der Waals surface area contributed by atoms with E-state index < -0.39 is 10.0 Å². The van der Waals surface area contributed by atoms with Crippen molar-refractivity contribution in [1.29, 1.82) is 0 Å². The molecule has 0 radical (unpaired) electrons. The van der Waals surface area contributed by atoms with Crippen molar-refractivity contribution in [3.63, 3.8) is 0 Å². The number of fused-ring (bicyclic) bond motifs is 2. The molecule has 0 atom stereocenters. The molecule has 3 aromatic rings. The first kappa shape index (κ1) is 19.6. The molecule has 1 amide bonds. The van der Waals surface area contributed by atoms with E-state index in [4.69, 9.17) is 27.9 Å². The molecule has 1 aliphatic heterocycles. The summed E-state index contributed by atoms with van der Waals surface area (Å²) in [5, 5.41) is 0.269.